The molecule has 1 saturated carbocycles. The number of hydrogen-bond donors (Lipinski definition) is 2. The number of halogens is 5. The number of rotatable bonds is 13. The highest BCUT2D eigenvalue weighted by molar-refractivity contribution is 7.89. The number of aryl methyl sites for hydroxylation is 1. The highest BCUT2D eigenvalue weighted by atomic mass is 32.2. The quantitative estimate of drug-likeness (QED) is 0.0794. The molecule has 14 heteroatoms. The maximum absolute atomic E-state index is 15.4. The van der Waals surface area contributed by atoms with E-state index in [2.05, 4.69) is 6.07 Å². The number of sulfonamides is 1. The van der Waals surface area contributed by atoms with E-state index in [1.807, 2.05) is 32.9 Å². The van der Waals surface area contributed by atoms with Crippen molar-refractivity contribution in [3.63, 3.8) is 0 Å². The Morgan fingerprint density at radius 1 is 0.818 bits per heavy atom. The molecule has 0 heterocycles. The number of carboxylic acids is 1. The summed E-state index contributed by atoms with van der Waals surface area (Å²) in [5, 5.41) is 20.3. The topological polar surface area (TPSA) is 115 Å². The molecule has 0 aliphatic heterocycles. The molecule has 55 heavy (non-hydrogen) atoms. The fraction of sp³-hybridized carbons (Fsp3) is 0.366. The fourth-order valence-electron chi connectivity index (χ4n) is 6.38. The maximum Gasteiger partial charge on any atom is 0.339 e. The van der Waals surface area contributed by atoms with Gasteiger partial charge in [0.15, 0.2) is 28.2 Å². The van der Waals surface area contributed by atoms with Gasteiger partial charge in [0, 0.05) is 18.3 Å². The SMILES string of the molecule is Cc1ccc(CN([C@H](CC(C)C)C(=O)N(Cc2cc(C3CC3)cc(C(C)(C)C)c2)c2ccc(C(=O)O)c(O)c2)S(=O)(=O)c2c(F)c(F)c(F)c(F)c2F)cc1. The number of amides is 1. The van der Waals surface area contributed by atoms with E-state index in [0.717, 1.165) is 46.6 Å². The lowest BCUT2D eigenvalue weighted by molar-refractivity contribution is -0.123. The third-order valence-corrected chi connectivity index (χ3v) is 11.5. The van der Waals surface area contributed by atoms with Gasteiger partial charge < -0.3 is 15.1 Å². The first kappa shape index (κ1) is 41.3. The molecule has 0 unspecified atom stereocenters. The molecule has 4 aromatic carbocycles. The summed E-state index contributed by atoms with van der Waals surface area (Å²) in [7, 11) is -5.71. The summed E-state index contributed by atoms with van der Waals surface area (Å²) in [6.07, 6.45) is 1.63. The number of aromatic hydroxyl groups is 1. The lowest BCUT2D eigenvalue weighted by atomic mass is 9.84. The second-order valence-electron chi connectivity index (χ2n) is 15.5. The molecule has 1 atom stereocenters. The Balaban J connectivity index is 1.75. The molecule has 0 bridgehead atoms. The van der Waals surface area contributed by atoms with Crippen LogP contribution in [-0.4, -0.2) is 40.9 Å². The van der Waals surface area contributed by atoms with Gasteiger partial charge in [-0.3, -0.25) is 4.79 Å². The van der Waals surface area contributed by atoms with Gasteiger partial charge in [-0.1, -0.05) is 82.6 Å². The Kier molecular flexibility index (Phi) is 11.8. The molecule has 5 rings (SSSR count). The summed E-state index contributed by atoms with van der Waals surface area (Å²) < 4.78 is 103. The Morgan fingerprint density at radius 2 is 1.40 bits per heavy atom. The van der Waals surface area contributed by atoms with Crippen LogP contribution in [0.15, 0.2) is 65.6 Å². The maximum atomic E-state index is 15.4. The average Bonchev–Trinajstić information content (AvgIpc) is 3.96. The minimum Gasteiger partial charge on any atom is -0.507 e. The number of nitrogens with zero attached hydrogens (tertiary/aromatic N) is 2. The Bertz CT molecular complexity index is 2210. The van der Waals surface area contributed by atoms with Crippen LogP contribution in [0.2, 0.25) is 0 Å². The van der Waals surface area contributed by atoms with Gasteiger partial charge in [0.25, 0.3) is 0 Å². The fourth-order valence-corrected chi connectivity index (χ4v) is 8.07. The number of phenols is 1. The zero-order valence-corrected chi connectivity index (χ0v) is 32.1. The van der Waals surface area contributed by atoms with E-state index in [1.54, 1.807) is 32.9 Å². The zero-order chi connectivity index (χ0) is 40.7. The van der Waals surface area contributed by atoms with Crippen LogP contribution in [0.25, 0.3) is 0 Å². The molecule has 0 radical (unpaired) electrons. The van der Waals surface area contributed by atoms with Crippen LogP contribution in [0.5, 0.6) is 5.75 Å². The zero-order valence-electron chi connectivity index (χ0n) is 31.3. The summed E-state index contributed by atoms with van der Waals surface area (Å²) in [6.45, 7) is 10.2. The average molecular weight is 787 g/mol. The van der Waals surface area contributed by atoms with Gasteiger partial charge in [0.1, 0.15) is 17.4 Å². The Morgan fingerprint density at radius 3 is 1.91 bits per heavy atom. The smallest absolute Gasteiger partial charge is 0.339 e. The number of hydrogen-bond acceptors (Lipinski definition) is 5. The van der Waals surface area contributed by atoms with Crippen LogP contribution in [0.4, 0.5) is 27.6 Å². The summed E-state index contributed by atoms with van der Waals surface area (Å²) in [4.78, 5) is 26.0. The molecule has 1 amide bonds. The van der Waals surface area contributed by atoms with E-state index in [4.69, 9.17) is 0 Å². The van der Waals surface area contributed by atoms with Gasteiger partial charge >= 0.3 is 5.97 Å². The molecule has 1 aliphatic carbocycles. The monoisotopic (exact) mass is 786 g/mol. The number of carbonyl (C=O) groups is 2. The van der Waals surface area contributed by atoms with Crippen molar-refractivity contribution < 1.29 is 50.2 Å². The van der Waals surface area contributed by atoms with Gasteiger partial charge in [0.2, 0.25) is 21.7 Å². The van der Waals surface area contributed by atoms with E-state index < -0.39 is 85.7 Å². The third-order valence-electron chi connectivity index (χ3n) is 9.58. The van der Waals surface area contributed by atoms with Crippen LogP contribution < -0.4 is 4.90 Å². The molecular formula is C41H43F5N2O6S. The third kappa shape index (κ3) is 8.86. The normalized spacial score (nSPS) is 14.1. The van der Waals surface area contributed by atoms with Crippen LogP contribution in [-0.2, 0) is 33.3 Å². The molecule has 1 aliphatic rings. The second kappa shape index (κ2) is 15.7. The minimum absolute atomic E-state index is 0.0423. The van der Waals surface area contributed by atoms with E-state index in [9.17, 15) is 36.6 Å². The first-order chi connectivity index (χ1) is 25.6. The van der Waals surface area contributed by atoms with Crippen LogP contribution in [0.3, 0.4) is 0 Å². The van der Waals surface area contributed by atoms with Crippen molar-refractivity contribution in [2.75, 3.05) is 4.90 Å². The van der Waals surface area contributed by atoms with Crippen molar-refractivity contribution in [3.05, 3.63) is 123 Å². The van der Waals surface area contributed by atoms with Crippen molar-refractivity contribution in [3.8, 4) is 5.75 Å². The lowest BCUT2D eigenvalue weighted by Crippen LogP contribution is -2.51. The number of carbonyl (C=O) groups excluding carboxylic acids is 1. The van der Waals surface area contributed by atoms with E-state index in [1.165, 1.54) is 18.2 Å². The molecule has 8 nitrogen and oxygen atoms in total. The lowest BCUT2D eigenvalue weighted by Gasteiger charge is -2.35. The van der Waals surface area contributed by atoms with E-state index >= 15 is 13.6 Å². The molecule has 0 aromatic heterocycles. The first-order valence-corrected chi connectivity index (χ1v) is 19.2. The first-order valence-electron chi connectivity index (χ1n) is 17.7. The largest absolute Gasteiger partial charge is 0.507 e. The summed E-state index contributed by atoms with van der Waals surface area (Å²) in [6, 6.07) is 13.7. The molecule has 0 spiro atoms. The van der Waals surface area contributed by atoms with Crippen molar-refractivity contribution in [2.45, 2.75) is 96.2 Å². The predicted molar refractivity (Wildman–Crippen MR) is 197 cm³/mol. The van der Waals surface area contributed by atoms with Crippen LogP contribution >= 0.6 is 0 Å². The van der Waals surface area contributed by atoms with E-state index in [0.29, 0.717) is 9.87 Å². The van der Waals surface area contributed by atoms with Gasteiger partial charge in [0.05, 0.1) is 6.54 Å². The van der Waals surface area contributed by atoms with Gasteiger partial charge in [-0.2, -0.15) is 4.31 Å². The predicted octanol–water partition coefficient (Wildman–Crippen LogP) is 9.11. The molecular weight excluding hydrogens is 744 g/mol. The highest BCUT2D eigenvalue weighted by Gasteiger charge is 2.44. The Labute approximate surface area is 317 Å². The highest BCUT2D eigenvalue weighted by Crippen LogP contribution is 2.42. The van der Waals surface area contributed by atoms with Gasteiger partial charge in [-0.15, -0.1) is 0 Å². The number of anilines is 1. The van der Waals surface area contributed by atoms with Crippen molar-refractivity contribution in [1.82, 2.24) is 4.31 Å². The van der Waals surface area contributed by atoms with Crippen LogP contribution in [0.1, 0.15) is 98.0 Å². The molecule has 2 N–H and O–H groups in total. The second-order valence-corrected chi connectivity index (χ2v) is 17.3. The van der Waals surface area contributed by atoms with Crippen molar-refractivity contribution in [1.29, 1.82) is 0 Å². The van der Waals surface area contributed by atoms with Crippen molar-refractivity contribution >= 4 is 27.6 Å². The Hall–Kier alpha value is -4.82. The standard InChI is InChI=1S/C41H43F5N2O6S/c1-22(2)15-31(48(21-24-9-7-23(3)8-10-24)55(53,54)38-36(45)34(43)33(42)35(44)37(38)46)39(50)47(29-13-14-30(40(51)52)32(49)19-29)20-25-16-27(26-11-12-26)18-28(17-25)41(4,5)6/h7-10,13-14,16-19,22,26,31,49H,11-12,15,20-21H2,1-6H3,(H,51,52)/t31-/m1/s1. The van der Waals surface area contributed by atoms with Gasteiger partial charge in [-0.05, 0) is 77.8 Å². The molecule has 294 valence electrons. The van der Waals surface area contributed by atoms with Crippen LogP contribution in [0, 0.1) is 41.9 Å². The molecule has 1 fully saturated rings. The van der Waals surface area contributed by atoms with E-state index in [-0.39, 0.29) is 35.5 Å². The molecule has 4 aromatic rings. The summed E-state index contributed by atoms with van der Waals surface area (Å²) >= 11 is 0. The minimum atomic E-state index is -5.71. The number of aromatic carboxylic acids is 1. The number of carboxylic acid groups (broad SMARTS) is 1. The van der Waals surface area contributed by atoms with Gasteiger partial charge in [-0.25, -0.2) is 35.2 Å². The summed E-state index contributed by atoms with van der Waals surface area (Å²) in [5.74, 6) is -16.0. The summed E-state index contributed by atoms with van der Waals surface area (Å²) in [5.41, 5.74) is 2.73. The molecule has 0 saturated heterocycles. The number of benzene rings is 4. The van der Waals surface area contributed by atoms with Crippen molar-refractivity contribution in [2.24, 2.45) is 5.92 Å².